The van der Waals surface area contributed by atoms with Crippen molar-refractivity contribution in [2.45, 2.75) is 0 Å². The van der Waals surface area contributed by atoms with E-state index in [0.717, 1.165) is 0 Å². The van der Waals surface area contributed by atoms with Crippen molar-refractivity contribution in [1.82, 2.24) is 9.71 Å². The molecule has 1 heterocycles. The third-order valence-electron chi connectivity index (χ3n) is 1.94. The van der Waals surface area contributed by atoms with Crippen molar-refractivity contribution in [3.05, 3.63) is 60.4 Å². The van der Waals surface area contributed by atoms with Gasteiger partial charge in [0, 0.05) is 6.20 Å². The van der Waals surface area contributed by atoms with E-state index in [-0.39, 0.29) is 5.91 Å². The van der Waals surface area contributed by atoms with Gasteiger partial charge in [-0.1, -0.05) is 28.6 Å². The van der Waals surface area contributed by atoms with Crippen LogP contribution in [0.2, 0.25) is 0 Å². The van der Waals surface area contributed by atoms with Gasteiger partial charge in [-0.05, 0) is 24.3 Å². The smallest absolute Gasteiger partial charge is 0.281 e. The second-order valence-corrected chi connectivity index (χ2v) is 3.70. The zero-order valence-corrected chi connectivity index (χ0v) is 10.1. The third-order valence-corrected chi connectivity index (χ3v) is 2.34. The standard InChI is InChI=1S/C12H10N2O3S/c15-12(11-8-4-5-9-13-11)14-18-17-16-10-6-2-1-3-7-10/h1-9H,(H,14,15). The van der Waals surface area contributed by atoms with Gasteiger partial charge < -0.3 is 4.89 Å². The van der Waals surface area contributed by atoms with Crippen LogP contribution in [0.1, 0.15) is 10.5 Å². The highest BCUT2D eigenvalue weighted by Gasteiger charge is 2.06. The number of hydrogen-bond acceptors (Lipinski definition) is 5. The van der Waals surface area contributed by atoms with Gasteiger partial charge in [0.15, 0.2) is 18.0 Å². The molecule has 6 heteroatoms. The Hall–Kier alpha value is -2.05. The summed E-state index contributed by atoms with van der Waals surface area (Å²) >= 11 is 0.689. The lowest BCUT2D eigenvalue weighted by Crippen LogP contribution is -2.17. The fraction of sp³-hybridized carbons (Fsp3) is 0. The molecule has 0 aliphatic rings. The SMILES string of the molecule is O=C(NSOOc1ccccc1)c1ccccn1. The highest BCUT2D eigenvalue weighted by molar-refractivity contribution is 7.93. The molecule has 0 aliphatic heterocycles. The Morgan fingerprint density at radius 1 is 1.11 bits per heavy atom. The number of para-hydroxylation sites is 1. The van der Waals surface area contributed by atoms with Gasteiger partial charge >= 0.3 is 0 Å². The maximum Gasteiger partial charge on any atom is 0.281 e. The number of carbonyl (C=O) groups is 1. The molecule has 1 N–H and O–H groups in total. The Morgan fingerprint density at radius 2 is 1.89 bits per heavy atom. The second-order valence-electron chi connectivity index (χ2n) is 3.19. The number of nitrogens with one attached hydrogen (secondary N) is 1. The molecule has 0 saturated heterocycles. The van der Waals surface area contributed by atoms with Crippen molar-refractivity contribution in [3.8, 4) is 5.75 Å². The van der Waals surface area contributed by atoms with Crippen LogP contribution in [0, 0.1) is 0 Å². The molecule has 1 aromatic carbocycles. The summed E-state index contributed by atoms with van der Waals surface area (Å²) in [5.41, 5.74) is 0.313. The molecule has 0 fully saturated rings. The van der Waals surface area contributed by atoms with Crippen LogP contribution in [-0.2, 0) is 4.33 Å². The van der Waals surface area contributed by atoms with Crippen molar-refractivity contribution >= 4 is 18.1 Å². The van der Waals surface area contributed by atoms with E-state index in [1.807, 2.05) is 18.2 Å². The summed E-state index contributed by atoms with van der Waals surface area (Å²) in [6.45, 7) is 0. The van der Waals surface area contributed by atoms with E-state index in [9.17, 15) is 4.79 Å². The minimum Gasteiger partial charge on any atom is -0.324 e. The molecular formula is C12H10N2O3S. The molecule has 0 saturated carbocycles. The Bertz CT molecular complexity index is 493. The van der Waals surface area contributed by atoms with Crippen LogP contribution in [0.25, 0.3) is 0 Å². The van der Waals surface area contributed by atoms with E-state index in [1.54, 1.807) is 36.5 Å². The summed E-state index contributed by atoms with van der Waals surface area (Å²) in [5.74, 6) is 0.203. The largest absolute Gasteiger partial charge is 0.324 e. The van der Waals surface area contributed by atoms with Crippen molar-refractivity contribution in [3.63, 3.8) is 0 Å². The van der Waals surface area contributed by atoms with E-state index in [0.29, 0.717) is 23.7 Å². The molecule has 18 heavy (non-hydrogen) atoms. The maximum absolute atomic E-state index is 11.5. The van der Waals surface area contributed by atoms with Crippen molar-refractivity contribution in [2.75, 3.05) is 0 Å². The number of nitrogens with zero attached hydrogens (tertiary/aromatic N) is 1. The molecule has 1 amide bonds. The van der Waals surface area contributed by atoms with Gasteiger partial charge in [-0.2, -0.15) is 0 Å². The number of pyridine rings is 1. The van der Waals surface area contributed by atoms with Gasteiger partial charge in [-0.25, -0.2) is 0 Å². The highest BCUT2D eigenvalue weighted by Crippen LogP contribution is 2.11. The van der Waals surface area contributed by atoms with E-state index in [4.69, 9.17) is 9.22 Å². The molecule has 0 unspecified atom stereocenters. The molecule has 5 nitrogen and oxygen atoms in total. The van der Waals surface area contributed by atoms with E-state index in [2.05, 4.69) is 9.71 Å². The van der Waals surface area contributed by atoms with Crippen LogP contribution in [0.15, 0.2) is 54.7 Å². The number of carbonyl (C=O) groups excluding carboxylic acids is 1. The first-order chi connectivity index (χ1) is 8.86. The first-order valence-electron chi connectivity index (χ1n) is 5.13. The lowest BCUT2D eigenvalue weighted by molar-refractivity contribution is -0.0785. The van der Waals surface area contributed by atoms with Gasteiger partial charge in [-0.15, -0.1) is 0 Å². The van der Waals surface area contributed by atoms with Gasteiger partial charge in [0.2, 0.25) is 0 Å². The Morgan fingerprint density at radius 3 is 2.61 bits per heavy atom. The molecule has 2 aromatic rings. The summed E-state index contributed by atoms with van der Waals surface area (Å²) < 4.78 is 7.21. The number of hydrogen-bond donors (Lipinski definition) is 1. The van der Waals surface area contributed by atoms with E-state index in [1.165, 1.54) is 0 Å². The van der Waals surface area contributed by atoms with Crippen molar-refractivity contribution in [1.29, 1.82) is 0 Å². The molecular weight excluding hydrogens is 252 g/mol. The molecule has 0 radical (unpaired) electrons. The molecule has 0 aliphatic carbocycles. The van der Waals surface area contributed by atoms with Crippen LogP contribution >= 0.6 is 12.2 Å². The quantitative estimate of drug-likeness (QED) is 0.295. The number of aromatic nitrogens is 1. The van der Waals surface area contributed by atoms with Gasteiger partial charge in [-0.3, -0.25) is 14.5 Å². The Kier molecular flexibility index (Phi) is 4.57. The van der Waals surface area contributed by atoms with Gasteiger partial charge in [0.25, 0.3) is 5.91 Å². The van der Waals surface area contributed by atoms with Crippen LogP contribution in [0.4, 0.5) is 0 Å². The van der Waals surface area contributed by atoms with E-state index >= 15 is 0 Å². The average Bonchev–Trinajstić information content (AvgIpc) is 2.45. The van der Waals surface area contributed by atoms with Crippen LogP contribution in [0.3, 0.4) is 0 Å². The molecule has 2 rings (SSSR count). The summed E-state index contributed by atoms with van der Waals surface area (Å²) in [5, 5.41) is 0. The van der Waals surface area contributed by atoms with Gasteiger partial charge in [0.05, 0.1) is 0 Å². The minimum atomic E-state index is -0.350. The van der Waals surface area contributed by atoms with Crippen molar-refractivity contribution in [2.24, 2.45) is 0 Å². The molecule has 1 aromatic heterocycles. The Labute approximate surface area is 108 Å². The lowest BCUT2D eigenvalue weighted by atomic mass is 10.3. The minimum absolute atomic E-state index is 0.313. The van der Waals surface area contributed by atoms with E-state index < -0.39 is 0 Å². The fourth-order valence-electron chi connectivity index (χ4n) is 1.14. The average molecular weight is 262 g/mol. The zero-order valence-electron chi connectivity index (χ0n) is 9.28. The lowest BCUT2D eigenvalue weighted by Gasteiger charge is -2.03. The predicted octanol–water partition coefficient (Wildman–Crippen LogP) is 2.39. The summed E-state index contributed by atoms with van der Waals surface area (Å²) in [7, 11) is 0. The topological polar surface area (TPSA) is 60.5 Å². The maximum atomic E-state index is 11.5. The van der Waals surface area contributed by atoms with Crippen LogP contribution in [-0.4, -0.2) is 10.9 Å². The second kappa shape index (κ2) is 6.63. The zero-order chi connectivity index (χ0) is 12.6. The van der Waals surface area contributed by atoms with Crippen LogP contribution < -0.4 is 9.61 Å². The molecule has 0 bridgehead atoms. The van der Waals surface area contributed by atoms with Crippen molar-refractivity contribution < 1.29 is 14.0 Å². The Balaban J connectivity index is 1.72. The molecule has 92 valence electrons. The number of amides is 1. The normalized spacial score (nSPS) is 9.78. The molecule has 0 spiro atoms. The predicted molar refractivity (Wildman–Crippen MR) is 67.4 cm³/mol. The first kappa shape index (κ1) is 12.4. The van der Waals surface area contributed by atoms with Gasteiger partial charge in [0.1, 0.15) is 5.69 Å². The first-order valence-corrected chi connectivity index (χ1v) is 5.87. The number of rotatable bonds is 5. The monoisotopic (exact) mass is 262 g/mol. The van der Waals surface area contributed by atoms with Crippen LogP contribution in [0.5, 0.6) is 5.75 Å². The molecule has 0 atom stereocenters. The summed E-state index contributed by atoms with van der Waals surface area (Å²) in [4.78, 5) is 20.3. The fourth-order valence-corrected chi connectivity index (χ4v) is 1.46. The number of benzene rings is 1. The summed E-state index contributed by atoms with van der Waals surface area (Å²) in [6.07, 6.45) is 1.54. The third kappa shape index (κ3) is 3.76. The summed E-state index contributed by atoms with van der Waals surface area (Å²) in [6, 6.07) is 14.0. The highest BCUT2D eigenvalue weighted by atomic mass is 32.2.